The minimum absolute atomic E-state index is 0.0607. The van der Waals surface area contributed by atoms with Gasteiger partial charge in [0.25, 0.3) is 5.91 Å². The van der Waals surface area contributed by atoms with Gasteiger partial charge in [-0.25, -0.2) is 4.98 Å². The number of carbonyl (C=O) groups is 1. The number of benzene rings is 1. The van der Waals surface area contributed by atoms with Gasteiger partial charge in [0.15, 0.2) is 0 Å². The predicted octanol–water partition coefficient (Wildman–Crippen LogP) is 2.38. The smallest absolute Gasteiger partial charge is 0.263 e. The first-order chi connectivity index (χ1) is 7.75. The Morgan fingerprint density at radius 2 is 2.12 bits per heavy atom. The van der Waals surface area contributed by atoms with Crippen molar-refractivity contribution in [2.45, 2.75) is 13.5 Å². The van der Waals surface area contributed by atoms with Crippen LogP contribution in [-0.4, -0.2) is 10.9 Å². The molecule has 0 aliphatic rings. The fourth-order valence-corrected chi connectivity index (χ4v) is 2.03. The third-order valence-corrected chi connectivity index (χ3v) is 3.05. The molecule has 0 unspecified atom stereocenters. The van der Waals surface area contributed by atoms with Crippen molar-refractivity contribution in [3.63, 3.8) is 0 Å². The lowest BCUT2D eigenvalue weighted by Crippen LogP contribution is -2.21. The SMILES string of the molecule is Cc1ncc(C(=O)NCc2ccccc2)s1. The van der Waals surface area contributed by atoms with Gasteiger partial charge in [-0.3, -0.25) is 4.79 Å². The number of aryl methyl sites for hydroxylation is 1. The number of carbonyl (C=O) groups excluding carboxylic acids is 1. The molecule has 2 aromatic rings. The van der Waals surface area contributed by atoms with Crippen molar-refractivity contribution in [2.24, 2.45) is 0 Å². The maximum absolute atomic E-state index is 11.7. The molecule has 0 spiro atoms. The predicted molar refractivity (Wildman–Crippen MR) is 64.5 cm³/mol. The fourth-order valence-electron chi connectivity index (χ4n) is 1.33. The van der Waals surface area contributed by atoms with Crippen molar-refractivity contribution in [3.05, 3.63) is 52.0 Å². The van der Waals surface area contributed by atoms with E-state index in [1.54, 1.807) is 6.20 Å². The highest BCUT2D eigenvalue weighted by Crippen LogP contribution is 2.11. The molecule has 0 saturated heterocycles. The van der Waals surface area contributed by atoms with E-state index in [4.69, 9.17) is 0 Å². The monoisotopic (exact) mass is 232 g/mol. The van der Waals surface area contributed by atoms with E-state index in [0.29, 0.717) is 11.4 Å². The molecule has 1 N–H and O–H groups in total. The Morgan fingerprint density at radius 1 is 1.38 bits per heavy atom. The van der Waals surface area contributed by atoms with Crippen molar-refractivity contribution in [1.82, 2.24) is 10.3 Å². The Bertz CT molecular complexity index is 479. The molecule has 0 aliphatic heterocycles. The maximum atomic E-state index is 11.7. The Morgan fingerprint density at radius 3 is 2.75 bits per heavy atom. The van der Waals surface area contributed by atoms with Crippen molar-refractivity contribution < 1.29 is 4.79 Å². The number of rotatable bonds is 3. The van der Waals surface area contributed by atoms with Crippen LogP contribution in [0.25, 0.3) is 0 Å². The second-order valence-electron chi connectivity index (χ2n) is 3.41. The standard InChI is InChI=1S/C12H12N2OS/c1-9-13-8-11(16-9)12(15)14-7-10-5-3-2-4-6-10/h2-6,8H,7H2,1H3,(H,14,15). The summed E-state index contributed by atoms with van der Waals surface area (Å²) >= 11 is 1.41. The molecule has 2 rings (SSSR count). The summed E-state index contributed by atoms with van der Waals surface area (Å²) in [6.45, 7) is 2.44. The maximum Gasteiger partial charge on any atom is 0.263 e. The van der Waals surface area contributed by atoms with E-state index < -0.39 is 0 Å². The van der Waals surface area contributed by atoms with E-state index in [-0.39, 0.29) is 5.91 Å². The van der Waals surface area contributed by atoms with E-state index in [0.717, 1.165) is 10.6 Å². The minimum Gasteiger partial charge on any atom is -0.347 e. The van der Waals surface area contributed by atoms with E-state index in [9.17, 15) is 4.79 Å². The van der Waals surface area contributed by atoms with Crippen LogP contribution in [-0.2, 0) is 6.54 Å². The van der Waals surface area contributed by atoms with Crippen LogP contribution in [0.3, 0.4) is 0 Å². The van der Waals surface area contributed by atoms with Crippen LogP contribution in [0.15, 0.2) is 36.5 Å². The molecule has 82 valence electrons. The van der Waals surface area contributed by atoms with E-state index >= 15 is 0 Å². The number of hydrogen-bond acceptors (Lipinski definition) is 3. The number of nitrogens with zero attached hydrogens (tertiary/aromatic N) is 1. The van der Waals surface area contributed by atoms with Crippen LogP contribution < -0.4 is 5.32 Å². The van der Waals surface area contributed by atoms with Gasteiger partial charge in [0.2, 0.25) is 0 Å². The highest BCUT2D eigenvalue weighted by molar-refractivity contribution is 7.13. The van der Waals surface area contributed by atoms with Gasteiger partial charge in [0.1, 0.15) is 4.88 Å². The zero-order valence-electron chi connectivity index (χ0n) is 8.93. The summed E-state index contributed by atoms with van der Waals surface area (Å²) in [5.74, 6) is -0.0607. The normalized spacial score (nSPS) is 10.1. The summed E-state index contributed by atoms with van der Waals surface area (Å²) in [5.41, 5.74) is 1.09. The third kappa shape index (κ3) is 2.67. The molecule has 1 aromatic carbocycles. The molecule has 1 amide bonds. The van der Waals surface area contributed by atoms with Crippen LogP contribution in [0.1, 0.15) is 20.2 Å². The summed E-state index contributed by atoms with van der Waals surface area (Å²) in [6, 6.07) is 9.84. The van der Waals surface area contributed by atoms with E-state index in [2.05, 4.69) is 10.3 Å². The van der Waals surface area contributed by atoms with Crippen LogP contribution in [0.5, 0.6) is 0 Å². The first-order valence-corrected chi connectivity index (χ1v) is 5.82. The Kier molecular flexibility index (Phi) is 3.31. The van der Waals surface area contributed by atoms with Gasteiger partial charge in [-0.05, 0) is 12.5 Å². The lowest BCUT2D eigenvalue weighted by molar-refractivity contribution is 0.0955. The van der Waals surface area contributed by atoms with Crippen molar-refractivity contribution in [3.8, 4) is 0 Å². The molecule has 4 heteroatoms. The van der Waals surface area contributed by atoms with Crippen molar-refractivity contribution >= 4 is 17.2 Å². The highest BCUT2D eigenvalue weighted by Gasteiger charge is 2.07. The average molecular weight is 232 g/mol. The molecule has 0 radical (unpaired) electrons. The van der Waals surface area contributed by atoms with Gasteiger partial charge >= 0.3 is 0 Å². The fraction of sp³-hybridized carbons (Fsp3) is 0.167. The largest absolute Gasteiger partial charge is 0.347 e. The van der Waals surface area contributed by atoms with Crippen LogP contribution >= 0.6 is 11.3 Å². The molecule has 1 aromatic heterocycles. The first kappa shape index (κ1) is 10.8. The zero-order chi connectivity index (χ0) is 11.4. The molecule has 0 fully saturated rings. The molecule has 0 atom stereocenters. The van der Waals surface area contributed by atoms with Gasteiger partial charge in [0.05, 0.1) is 11.2 Å². The lowest BCUT2D eigenvalue weighted by Gasteiger charge is -2.02. The molecule has 16 heavy (non-hydrogen) atoms. The summed E-state index contributed by atoms with van der Waals surface area (Å²) in [4.78, 5) is 16.4. The Labute approximate surface area is 98.2 Å². The van der Waals surface area contributed by atoms with Gasteiger partial charge in [-0.15, -0.1) is 11.3 Å². The van der Waals surface area contributed by atoms with Gasteiger partial charge in [0, 0.05) is 6.54 Å². The molecule has 0 aliphatic carbocycles. The van der Waals surface area contributed by atoms with E-state index in [1.807, 2.05) is 37.3 Å². The Balaban J connectivity index is 1.94. The lowest BCUT2D eigenvalue weighted by atomic mass is 10.2. The second-order valence-corrected chi connectivity index (χ2v) is 4.65. The average Bonchev–Trinajstić information content (AvgIpc) is 2.74. The quantitative estimate of drug-likeness (QED) is 0.882. The van der Waals surface area contributed by atoms with E-state index in [1.165, 1.54) is 11.3 Å². The molecular formula is C12H12N2OS. The van der Waals surface area contributed by atoms with Crippen LogP contribution in [0.4, 0.5) is 0 Å². The van der Waals surface area contributed by atoms with Gasteiger partial charge in [-0.2, -0.15) is 0 Å². The van der Waals surface area contributed by atoms with Gasteiger partial charge in [-0.1, -0.05) is 30.3 Å². The molecule has 0 saturated carbocycles. The van der Waals surface area contributed by atoms with Gasteiger partial charge < -0.3 is 5.32 Å². The van der Waals surface area contributed by atoms with Crippen LogP contribution in [0, 0.1) is 6.92 Å². The first-order valence-electron chi connectivity index (χ1n) is 5.00. The summed E-state index contributed by atoms with van der Waals surface area (Å²) in [6.07, 6.45) is 1.61. The molecule has 0 bridgehead atoms. The molecule has 3 nitrogen and oxygen atoms in total. The third-order valence-electron chi connectivity index (χ3n) is 2.14. The van der Waals surface area contributed by atoms with Crippen LogP contribution in [0.2, 0.25) is 0 Å². The zero-order valence-corrected chi connectivity index (χ0v) is 9.75. The van der Waals surface area contributed by atoms with Crippen molar-refractivity contribution in [2.75, 3.05) is 0 Å². The highest BCUT2D eigenvalue weighted by atomic mass is 32.1. The summed E-state index contributed by atoms with van der Waals surface area (Å²) in [7, 11) is 0. The summed E-state index contributed by atoms with van der Waals surface area (Å²) in [5, 5.41) is 3.77. The summed E-state index contributed by atoms with van der Waals surface area (Å²) < 4.78 is 0. The second kappa shape index (κ2) is 4.90. The molecular weight excluding hydrogens is 220 g/mol. The number of thiazole rings is 1. The number of hydrogen-bond donors (Lipinski definition) is 1. The number of aromatic nitrogens is 1. The number of amides is 1. The van der Waals surface area contributed by atoms with Crippen molar-refractivity contribution in [1.29, 1.82) is 0 Å². The number of nitrogens with one attached hydrogen (secondary N) is 1. The topological polar surface area (TPSA) is 42.0 Å². The molecule has 1 heterocycles. The minimum atomic E-state index is -0.0607. The Hall–Kier alpha value is -1.68.